The Hall–Kier alpha value is -6.16. The second kappa shape index (κ2) is 15.9. The van der Waals surface area contributed by atoms with Gasteiger partial charge in [-0.1, -0.05) is 31.9 Å². The van der Waals surface area contributed by atoms with Crippen molar-refractivity contribution in [3.8, 4) is 23.0 Å². The standard InChI is InChI=1S/C13H10O4.C13H14O3.C12H10O3/c1-8(2)13(15)17-9-3-4-12-10(7-9)11(14)5-6-16-12;1-9(2)13(14)16-11-5-6-12-10(8-11)4-3-7-15-12;1-8(2)12(13)15-10-5-3-4-9-6-7-14-11(9)10/h3-7H,1H2,2H3;5-6,8H,1,3-4,7H2,2H3;3-7H,1H2,2H3. The summed E-state index contributed by atoms with van der Waals surface area (Å²) in [6.07, 6.45) is 4.85. The fourth-order valence-corrected chi connectivity index (χ4v) is 4.15. The van der Waals surface area contributed by atoms with Gasteiger partial charge < -0.3 is 27.8 Å². The molecule has 0 saturated carbocycles. The summed E-state index contributed by atoms with van der Waals surface area (Å²) in [6, 6.07) is 18.6. The quantitative estimate of drug-likeness (QED) is 0.102. The number of esters is 3. The van der Waals surface area contributed by atoms with Gasteiger partial charge >= 0.3 is 17.9 Å². The largest absolute Gasteiger partial charge is 0.493 e. The number of fused-ring (bicyclic) bond motifs is 3. The van der Waals surface area contributed by atoms with Gasteiger partial charge in [-0.2, -0.15) is 0 Å². The van der Waals surface area contributed by atoms with Crippen molar-refractivity contribution in [3.63, 3.8) is 0 Å². The molecule has 0 spiro atoms. The molecule has 3 heterocycles. The molecule has 6 rings (SSSR count). The summed E-state index contributed by atoms with van der Waals surface area (Å²) in [7, 11) is 0. The summed E-state index contributed by atoms with van der Waals surface area (Å²) in [5.74, 6) is 0.799. The number of carbonyl (C=O) groups is 3. The molecule has 10 nitrogen and oxygen atoms in total. The van der Waals surface area contributed by atoms with Crippen LogP contribution in [-0.4, -0.2) is 24.5 Å². The highest BCUT2D eigenvalue weighted by Crippen LogP contribution is 2.29. The minimum atomic E-state index is -0.523. The van der Waals surface area contributed by atoms with Crippen LogP contribution in [0.15, 0.2) is 129 Å². The molecule has 5 aromatic rings. The zero-order valence-electron chi connectivity index (χ0n) is 26.8. The summed E-state index contributed by atoms with van der Waals surface area (Å²) in [5.41, 5.74) is 3.00. The highest BCUT2D eigenvalue weighted by atomic mass is 16.5. The lowest BCUT2D eigenvalue weighted by atomic mass is 10.1. The Morgan fingerprint density at radius 3 is 2.02 bits per heavy atom. The molecule has 0 N–H and O–H groups in total. The lowest BCUT2D eigenvalue weighted by Crippen LogP contribution is -2.11. The minimum Gasteiger partial charge on any atom is -0.493 e. The molecule has 0 saturated heterocycles. The molecule has 0 amide bonds. The van der Waals surface area contributed by atoms with Gasteiger partial charge in [0.05, 0.1) is 24.5 Å². The van der Waals surface area contributed by atoms with E-state index in [1.54, 1.807) is 57.4 Å². The zero-order valence-corrected chi connectivity index (χ0v) is 26.8. The van der Waals surface area contributed by atoms with E-state index >= 15 is 0 Å². The highest BCUT2D eigenvalue weighted by molar-refractivity contribution is 5.92. The van der Waals surface area contributed by atoms with Crippen molar-refractivity contribution in [1.29, 1.82) is 0 Å². The van der Waals surface area contributed by atoms with Crippen LogP contribution >= 0.6 is 0 Å². The molecule has 48 heavy (non-hydrogen) atoms. The Labute approximate surface area is 276 Å². The predicted molar refractivity (Wildman–Crippen MR) is 180 cm³/mol. The van der Waals surface area contributed by atoms with Gasteiger partial charge in [0.2, 0.25) is 0 Å². The number of aryl methyl sites for hydroxylation is 1. The third kappa shape index (κ3) is 9.20. The van der Waals surface area contributed by atoms with Crippen LogP contribution in [0.2, 0.25) is 0 Å². The third-order valence-corrected chi connectivity index (χ3v) is 6.62. The molecule has 3 aromatic carbocycles. The monoisotopic (exact) mass is 650 g/mol. The summed E-state index contributed by atoms with van der Waals surface area (Å²) in [5, 5.41) is 1.28. The summed E-state index contributed by atoms with van der Waals surface area (Å²) in [4.78, 5) is 45.5. The topological polar surface area (TPSA) is 131 Å². The van der Waals surface area contributed by atoms with Crippen LogP contribution < -0.4 is 24.4 Å². The normalized spacial score (nSPS) is 11.3. The molecule has 246 valence electrons. The van der Waals surface area contributed by atoms with Crippen LogP contribution in [0.25, 0.3) is 21.9 Å². The Kier molecular flexibility index (Phi) is 11.5. The first-order valence-corrected chi connectivity index (χ1v) is 14.8. The van der Waals surface area contributed by atoms with Crippen LogP contribution in [0.1, 0.15) is 32.8 Å². The average Bonchev–Trinajstić information content (AvgIpc) is 3.56. The molecule has 2 aromatic heterocycles. The molecule has 1 aliphatic rings. The first kappa shape index (κ1) is 34.7. The number of rotatable bonds is 6. The van der Waals surface area contributed by atoms with E-state index in [1.165, 1.54) is 18.4 Å². The first-order chi connectivity index (χ1) is 22.9. The van der Waals surface area contributed by atoms with Crippen molar-refractivity contribution >= 4 is 39.8 Å². The molecule has 0 unspecified atom stereocenters. The lowest BCUT2D eigenvalue weighted by Gasteiger charge is -2.17. The summed E-state index contributed by atoms with van der Waals surface area (Å²) < 4.78 is 31.1. The molecule has 0 bridgehead atoms. The smallest absolute Gasteiger partial charge is 0.338 e. The van der Waals surface area contributed by atoms with Gasteiger partial charge in [0.1, 0.15) is 22.8 Å². The Bertz CT molecular complexity index is 2080. The van der Waals surface area contributed by atoms with Crippen LogP contribution in [0.5, 0.6) is 23.0 Å². The molecule has 1 aliphatic heterocycles. The first-order valence-electron chi connectivity index (χ1n) is 14.8. The summed E-state index contributed by atoms with van der Waals surface area (Å²) in [6.45, 7) is 16.1. The Balaban J connectivity index is 0.000000163. The van der Waals surface area contributed by atoms with Gasteiger partial charge in [-0.25, -0.2) is 14.4 Å². The SMILES string of the molecule is C=C(C)C(=O)Oc1ccc2c(c1)CCCO2.C=C(C)C(=O)Oc1ccc2occc(=O)c2c1.C=C(C)C(=O)Oc1cccc2ccoc12. The van der Waals surface area contributed by atoms with Gasteiger partial charge in [-0.05, 0) is 87.7 Å². The molecule has 10 heteroatoms. The number of hydrogen-bond acceptors (Lipinski definition) is 10. The van der Waals surface area contributed by atoms with E-state index in [9.17, 15) is 19.2 Å². The van der Waals surface area contributed by atoms with Crippen LogP contribution in [0.4, 0.5) is 0 Å². The van der Waals surface area contributed by atoms with Gasteiger partial charge in [-0.15, -0.1) is 0 Å². The van der Waals surface area contributed by atoms with Crippen LogP contribution in [0, 0.1) is 0 Å². The number of hydrogen-bond donors (Lipinski definition) is 0. The van der Waals surface area contributed by atoms with Gasteiger partial charge in [0.15, 0.2) is 16.8 Å². The van der Waals surface area contributed by atoms with Crippen molar-refractivity contribution in [3.05, 3.63) is 131 Å². The van der Waals surface area contributed by atoms with E-state index in [0.29, 0.717) is 50.5 Å². The summed E-state index contributed by atoms with van der Waals surface area (Å²) >= 11 is 0. The maximum absolute atomic E-state index is 11.5. The fraction of sp³-hybridized carbons (Fsp3) is 0.158. The van der Waals surface area contributed by atoms with Crippen LogP contribution in [0.3, 0.4) is 0 Å². The highest BCUT2D eigenvalue weighted by Gasteiger charge is 2.13. The lowest BCUT2D eigenvalue weighted by molar-refractivity contribution is -0.130. The van der Waals surface area contributed by atoms with Crippen molar-refractivity contribution in [2.24, 2.45) is 0 Å². The minimum absolute atomic E-state index is 0.181. The average molecular weight is 651 g/mol. The van der Waals surface area contributed by atoms with Crippen LogP contribution in [-0.2, 0) is 20.8 Å². The Morgan fingerprint density at radius 1 is 0.708 bits per heavy atom. The second-order valence-electron chi connectivity index (χ2n) is 10.8. The third-order valence-electron chi connectivity index (χ3n) is 6.62. The maximum Gasteiger partial charge on any atom is 0.338 e. The molecular formula is C38H34O10. The van der Waals surface area contributed by atoms with E-state index in [4.69, 9.17) is 27.8 Å². The van der Waals surface area contributed by atoms with Gasteiger partial charge in [-0.3, -0.25) is 4.79 Å². The predicted octanol–water partition coefficient (Wildman–Crippen LogP) is 7.68. The van der Waals surface area contributed by atoms with Gasteiger partial charge in [0, 0.05) is 28.2 Å². The van der Waals surface area contributed by atoms with E-state index in [1.807, 2.05) is 24.3 Å². The fourth-order valence-electron chi connectivity index (χ4n) is 4.15. The van der Waals surface area contributed by atoms with Crippen molar-refractivity contribution < 1.29 is 42.2 Å². The number of carbonyl (C=O) groups excluding carboxylic acids is 3. The van der Waals surface area contributed by atoms with E-state index in [2.05, 4.69) is 19.7 Å². The van der Waals surface area contributed by atoms with Crippen molar-refractivity contribution in [2.45, 2.75) is 33.6 Å². The molecule has 0 aliphatic carbocycles. The molecule has 0 atom stereocenters. The van der Waals surface area contributed by atoms with Crippen molar-refractivity contribution in [2.75, 3.05) is 6.61 Å². The molecular weight excluding hydrogens is 616 g/mol. The molecule has 0 radical (unpaired) electrons. The number of benzene rings is 3. The van der Waals surface area contributed by atoms with Gasteiger partial charge in [0.25, 0.3) is 0 Å². The second-order valence-corrected chi connectivity index (χ2v) is 10.8. The Morgan fingerprint density at radius 2 is 1.33 bits per heavy atom. The zero-order chi connectivity index (χ0) is 34.8. The number of ether oxygens (including phenoxy) is 4. The maximum atomic E-state index is 11.5. The van der Waals surface area contributed by atoms with E-state index in [0.717, 1.165) is 36.1 Å². The van der Waals surface area contributed by atoms with E-state index in [-0.39, 0.29) is 5.43 Å². The van der Waals surface area contributed by atoms with E-state index < -0.39 is 17.9 Å². The molecule has 0 fully saturated rings. The number of furan rings is 1. The number of para-hydroxylation sites is 1. The van der Waals surface area contributed by atoms with Crippen molar-refractivity contribution in [1.82, 2.24) is 0 Å².